The molecule has 0 aromatic heterocycles. The van der Waals surface area contributed by atoms with E-state index in [1.165, 1.54) is 0 Å². The molecule has 274 valence electrons. The summed E-state index contributed by atoms with van der Waals surface area (Å²) in [5.41, 5.74) is -2.56. The smallest absolute Gasteiger partial charge is 0.335 e. The molecule has 5 aliphatic carbocycles. The van der Waals surface area contributed by atoms with Crippen molar-refractivity contribution in [1.82, 2.24) is 0 Å². The van der Waals surface area contributed by atoms with Crippen LogP contribution in [-0.4, -0.2) is 120 Å². The average molecular weight is 683 g/mol. The summed E-state index contributed by atoms with van der Waals surface area (Å²) in [5.74, 6) is -1.69. The fraction of sp³-hybridized carbons (Fsp3) is 0.917. The second-order valence-corrected chi connectivity index (χ2v) is 18.0. The number of allylic oxidation sites excluding steroid dienone is 2. The van der Waals surface area contributed by atoms with Crippen molar-refractivity contribution >= 4 is 5.97 Å². The van der Waals surface area contributed by atoms with Crippen LogP contribution in [0.4, 0.5) is 0 Å². The molecular formula is C36H58O12. The Balaban J connectivity index is 1.33. The summed E-state index contributed by atoms with van der Waals surface area (Å²) in [6.07, 6.45) is -6.04. The van der Waals surface area contributed by atoms with Crippen LogP contribution in [0.1, 0.15) is 86.5 Å². The van der Waals surface area contributed by atoms with Crippen molar-refractivity contribution in [2.45, 2.75) is 142 Å². The van der Waals surface area contributed by atoms with E-state index in [9.17, 15) is 50.8 Å². The Morgan fingerprint density at radius 2 is 1.52 bits per heavy atom. The molecule has 9 N–H and O–H groups in total. The van der Waals surface area contributed by atoms with Crippen molar-refractivity contribution in [2.24, 2.45) is 50.2 Å². The summed E-state index contributed by atoms with van der Waals surface area (Å²) in [6.45, 7) is 12.0. The first kappa shape index (κ1) is 36.6. The largest absolute Gasteiger partial charge is 0.479 e. The van der Waals surface area contributed by atoms with Crippen LogP contribution in [0.2, 0.25) is 0 Å². The minimum absolute atomic E-state index is 0.0347. The van der Waals surface area contributed by atoms with Gasteiger partial charge in [-0.2, -0.15) is 0 Å². The Kier molecular flexibility index (Phi) is 8.89. The molecule has 0 unspecified atom stereocenters. The number of rotatable bonds is 5. The van der Waals surface area contributed by atoms with E-state index in [0.717, 1.165) is 24.8 Å². The van der Waals surface area contributed by atoms with E-state index in [0.29, 0.717) is 25.7 Å². The molecule has 6 aliphatic rings. The summed E-state index contributed by atoms with van der Waals surface area (Å²) in [4.78, 5) is 11.7. The molecule has 0 bridgehead atoms. The van der Waals surface area contributed by atoms with Gasteiger partial charge in [0.05, 0.1) is 43.0 Å². The molecule has 0 aromatic rings. The van der Waals surface area contributed by atoms with Crippen molar-refractivity contribution in [1.29, 1.82) is 0 Å². The fourth-order valence-electron chi connectivity index (χ4n) is 12.5. The highest BCUT2D eigenvalue weighted by Crippen LogP contribution is 2.75. The second kappa shape index (κ2) is 11.7. The molecule has 48 heavy (non-hydrogen) atoms. The SMILES string of the molecule is CC1(C)C[C@H]2C3=CC[C@@H]4[C@@]5(C)CC[C@H](O[C@@H]6O[C@H](C(=O)O)[C@@H](O)[C@H](O)[C@H]6O)[C@@](C)(CO)[C@@H]5CC[C@@]4(C)[C@]3(C)C[C@@H](O)[C@@]2(CO)[C@@H](O)[C@@H]1O. The third-order valence-electron chi connectivity index (χ3n) is 15.6. The van der Waals surface area contributed by atoms with Crippen molar-refractivity contribution in [2.75, 3.05) is 13.2 Å². The molecule has 1 heterocycles. The molecule has 1 saturated heterocycles. The van der Waals surface area contributed by atoms with Crippen LogP contribution < -0.4 is 0 Å². The molecule has 5 fully saturated rings. The van der Waals surface area contributed by atoms with E-state index in [4.69, 9.17) is 9.47 Å². The first-order valence-electron chi connectivity index (χ1n) is 17.8. The Labute approximate surface area is 282 Å². The van der Waals surface area contributed by atoms with E-state index in [1.807, 2.05) is 20.8 Å². The molecule has 12 nitrogen and oxygen atoms in total. The van der Waals surface area contributed by atoms with Gasteiger partial charge >= 0.3 is 5.97 Å². The molecule has 0 radical (unpaired) electrons. The third kappa shape index (κ3) is 4.60. The summed E-state index contributed by atoms with van der Waals surface area (Å²) in [5, 5.41) is 97.2. The predicted octanol–water partition coefficient (Wildman–Crippen LogP) is 0.943. The van der Waals surface area contributed by atoms with Gasteiger partial charge < -0.3 is 55.4 Å². The number of fused-ring (bicyclic) bond motifs is 7. The number of hydrogen-bond acceptors (Lipinski definition) is 11. The van der Waals surface area contributed by atoms with Crippen LogP contribution >= 0.6 is 0 Å². The van der Waals surface area contributed by atoms with Gasteiger partial charge in [-0.05, 0) is 84.4 Å². The van der Waals surface area contributed by atoms with Crippen LogP contribution in [0.15, 0.2) is 11.6 Å². The predicted molar refractivity (Wildman–Crippen MR) is 171 cm³/mol. The monoisotopic (exact) mass is 682 g/mol. The number of carbonyl (C=O) groups is 1. The van der Waals surface area contributed by atoms with Crippen LogP contribution in [0.25, 0.3) is 0 Å². The maximum Gasteiger partial charge on any atom is 0.335 e. The molecule has 0 aromatic carbocycles. The van der Waals surface area contributed by atoms with Gasteiger partial charge in [-0.15, -0.1) is 0 Å². The Hall–Kier alpha value is -1.19. The van der Waals surface area contributed by atoms with Crippen molar-refractivity contribution in [3.05, 3.63) is 11.6 Å². The van der Waals surface area contributed by atoms with E-state index in [-0.39, 0.29) is 35.2 Å². The fourth-order valence-corrected chi connectivity index (χ4v) is 12.5. The number of carboxylic acids is 1. The second-order valence-electron chi connectivity index (χ2n) is 18.0. The number of ether oxygens (including phenoxy) is 2. The number of aliphatic hydroxyl groups excluding tert-OH is 8. The first-order valence-corrected chi connectivity index (χ1v) is 17.8. The Bertz CT molecular complexity index is 1310. The van der Waals surface area contributed by atoms with Gasteiger partial charge in [0.2, 0.25) is 0 Å². The summed E-state index contributed by atoms with van der Waals surface area (Å²) in [7, 11) is 0. The molecule has 1 aliphatic heterocycles. The summed E-state index contributed by atoms with van der Waals surface area (Å²) >= 11 is 0. The minimum Gasteiger partial charge on any atom is -0.479 e. The highest BCUT2D eigenvalue weighted by atomic mass is 16.7. The molecule has 17 atom stereocenters. The Morgan fingerprint density at radius 3 is 2.12 bits per heavy atom. The lowest BCUT2D eigenvalue weighted by atomic mass is 9.33. The number of aliphatic carboxylic acids is 1. The van der Waals surface area contributed by atoms with Gasteiger partial charge in [-0.3, -0.25) is 0 Å². The van der Waals surface area contributed by atoms with E-state index in [2.05, 4.69) is 26.8 Å². The maximum atomic E-state index is 11.9. The molecule has 4 saturated carbocycles. The van der Waals surface area contributed by atoms with Crippen molar-refractivity contribution < 1.29 is 60.2 Å². The first-order chi connectivity index (χ1) is 22.2. The molecule has 12 heteroatoms. The minimum atomic E-state index is -1.83. The van der Waals surface area contributed by atoms with Crippen molar-refractivity contribution in [3.8, 4) is 0 Å². The van der Waals surface area contributed by atoms with Crippen LogP contribution in [0.3, 0.4) is 0 Å². The topological polar surface area (TPSA) is 218 Å². The van der Waals surface area contributed by atoms with E-state index in [1.54, 1.807) is 0 Å². The lowest BCUT2D eigenvalue weighted by Crippen LogP contribution is -2.71. The number of carboxylic acid groups (broad SMARTS) is 1. The number of hydrogen-bond donors (Lipinski definition) is 9. The maximum absolute atomic E-state index is 11.9. The van der Waals surface area contributed by atoms with Crippen LogP contribution in [0.5, 0.6) is 0 Å². The highest BCUT2D eigenvalue weighted by Gasteiger charge is 2.72. The molecule has 0 amide bonds. The number of aliphatic hydroxyl groups is 8. The zero-order valence-corrected chi connectivity index (χ0v) is 29.1. The van der Waals surface area contributed by atoms with Crippen molar-refractivity contribution in [3.63, 3.8) is 0 Å². The van der Waals surface area contributed by atoms with Crippen LogP contribution in [0, 0.1) is 50.2 Å². The van der Waals surface area contributed by atoms with Crippen LogP contribution in [-0.2, 0) is 14.3 Å². The lowest BCUT2D eigenvalue weighted by Gasteiger charge is -2.72. The van der Waals surface area contributed by atoms with E-state index < -0.39 is 89.4 Å². The van der Waals surface area contributed by atoms with Gasteiger partial charge in [0.15, 0.2) is 12.4 Å². The average Bonchev–Trinajstić information content (AvgIpc) is 3.01. The zero-order chi connectivity index (χ0) is 35.6. The molecule has 0 spiro atoms. The molecular weight excluding hydrogens is 624 g/mol. The third-order valence-corrected chi connectivity index (χ3v) is 15.6. The van der Waals surface area contributed by atoms with Gasteiger partial charge in [0.1, 0.15) is 18.3 Å². The zero-order valence-electron chi connectivity index (χ0n) is 29.1. The Morgan fingerprint density at radius 1 is 0.854 bits per heavy atom. The lowest BCUT2D eigenvalue weighted by molar-refractivity contribution is -0.328. The highest BCUT2D eigenvalue weighted by molar-refractivity contribution is 5.73. The van der Waals surface area contributed by atoms with Gasteiger partial charge in [-0.25, -0.2) is 4.79 Å². The van der Waals surface area contributed by atoms with Gasteiger partial charge in [0.25, 0.3) is 0 Å². The quantitative estimate of drug-likeness (QED) is 0.146. The normalized spacial score (nSPS) is 56.2. The van der Waals surface area contributed by atoms with Gasteiger partial charge in [0, 0.05) is 5.41 Å². The van der Waals surface area contributed by atoms with E-state index >= 15 is 0 Å². The molecule has 6 rings (SSSR count). The van der Waals surface area contributed by atoms with Gasteiger partial charge in [-0.1, -0.05) is 53.2 Å². The standard InChI is InChI=1S/C36H58O12/c1-31(2)13-18-17-7-8-20-32(3)11-10-22(47-30-25(42)23(40)24(41)26(48-30)29(45)46)33(4,15-37)19(32)9-12-34(20,5)35(17,6)14-21(39)36(18,16-38)28(44)27(31)43/h7,18-28,30,37-44H,8-16H2,1-6H3,(H,45,46)/t18-,19+,20+,21+,22-,23-,24-,25+,26-,27-,28-,30+,32-,33-,34+,35+,36-/m0/s1. The summed E-state index contributed by atoms with van der Waals surface area (Å²) < 4.78 is 11.7. The summed E-state index contributed by atoms with van der Waals surface area (Å²) in [6, 6.07) is 0.